The molecule has 0 aliphatic heterocycles. The molecule has 1 rings (SSSR count). The summed E-state index contributed by atoms with van der Waals surface area (Å²) in [6, 6.07) is 1.97. The highest BCUT2D eigenvalue weighted by atomic mass is 32.2. The first kappa shape index (κ1) is 17.4. The van der Waals surface area contributed by atoms with Crippen LogP contribution in [-0.4, -0.2) is 37.7 Å². The van der Waals surface area contributed by atoms with Crippen LogP contribution in [0.1, 0.15) is 18.1 Å². The van der Waals surface area contributed by atoms with Crippen molar-refractivity contribution in [1.82, 2.24) is 4.72 Å². The number of sulfonamides is 1. The molecule has 0 bridgehead atoms. The van der Waals surface area contributed by atoms with Crippen molar-refractivity contribution in [2.24, 2.45) is 0 Å². The van der Waals surface area contributed by atoms with Crippen LogP contribution in [0.15, 0.2) is 17.0 Å². The average molecular weight is 321 g/mol. The Bertz CT molecular complexity index is 548. The minimum Gasteiger partial charge on any atom is -0.395 e. The van der Waals surface area contributed by atoms with Crippen LogP contribution in [0, 0.1) is 19.7 Å². The van der Waals surface area contributed by atoms with Gasteiger partial charge >= 0.3 is 0 Å². The van der Waals surface area contributed by atoms with Gasteiger partial charge in [0.25, 0.3) is 0 Å². The zero-order valence-electron chi connectivity index (χ0n) is 12.0. The van der Waals surface area contributed by atoms with E-state index in [1.165, 1.54) is 23.9 Å². The maximum Gasteiger partial charge on any atom is 0.241 e. The third-order valence-electron chi connectivity index (χ3n) is 3.08. The molecule has 0 fully saturated rings. The molecular formula is C13H20FNO3S2. The molecule has 114 valence electrons. The average Bonchev–Trinajstić information content (AvgIpc) is 2.27. The minimum absolute atomic E-state index is 0.101. The van der Waals surface area contributed by atoms with E-state index < -0.39 is 21.9 Å². The summed E-state index contributed by atoms with van der Waals surface area (Å²) < 4.78 is 40.6. The van der Waals surface area contributed by atoms with Crippen molar-refractivity contribution in [2.75, 3.05) is 12.9 Å². The van der Waals surface area contributed by atoms with Crippen LogP contribution < -0.4 is 4.72 Å². The summed E-state index contributed by atoms with van der Waals surface area (Å²) in [5, 5.41) is 8.97. The van der Waals surface area contributed by atoms with E-state index in [2.05, 4.69) is 4.72 Å². The predicted octanol–water partition coefficient (Wildman–Crippen LogP) is 1.83. The lowest BCUT2D eigenvalue weighted by Gasteiger charge is -2.22. The van der Waals surface area contributed by atoms with Gasteiger partial charge in [0.1, 0.15) is 5.82 Å². The zero-order valence-corrected chi connectivity index (χ0v) is 13.6. The normalized spacial score (nSPS) is 15.1. The highest BCUT2D eigenvalue weighted by Gasteiger charge is 2.25. The fourth-order valence-corrected chi connectivity index (χ4v) is 4.59. The van der Waals surface area contributed by atoms with E-state index in [0.717, 1.165) is 0 Å². The van der Waals surface area contributed by atoms with E-state index in [1.807, 2.05) is 0 Å². The van der Waals surface area contributed by atoms with E-state index in [1.54, 1.807) is 27.0 Å². The van der Waals surface area contributed by atoms with E-state index in [-0.39, 0.29) is 16.8 Å². The quantitative estimate of drug-likeness (QED) is 0.839. The second-order valence-corrected chi connectivity index (χ2v) is 7.46. The van der Waals surface area contributed by atoms with Gasteiger partial charge in [0.15, 0.2) is 0 Å². The highest BCUT2D eigenvalue weighted by molar-refractivity contribution is 7.99. The first-order chi connectivity index (χ1) is 9.22. The summed E-state index contributed by atoms with van der Waals surface area (Å²) >= 11 is 1.39. The Morgan fingerprint density at radius 1 is 1.35 bits per heavy atom. The van der Waals surface area contributed by atoms with Crippen molar-refractivity contribution in [1.29, 1.82) is 0 Å². The molecule has 0 aliphatic rings. The van der Waals surface area contributed by atoms with Gasteiger partial charge in [-0.2, -0.15) is 11.8 Å². The van der Waals surface area contributed by atoms with Gasteiger partial charge in [0.05, 0.1) is 11.5 Å². The van der Waals surface area contributed by atoms with E-state index in [4.69, 9.17) is 0 Å². The van der Waals surface area contributed by atoms with Gasteiger partial charge in [-0.15, -0.1) is 0 Å². The van der Waals surface area contributed by atoms with E-state index >= 15 is 0 Å². The third-order valence-corrected chi connectivity index (χ3v) is 6.10. The summed E-state index contributed by atoms with van der Waals surface area (Å²) in [5.74, 6) is -0.454. The van der Waals surface area contributed by atoms with E-state index in [0.29, 0.717) is 11.1 Å². The fourth-order valence-electron chi connectivity index (χ4n) is 2.14. The smallest absolute Gasteiger partial charge is 0.241 e. The number of aliphatic hydroxyl groups is 1. The molecule has 0 saturated heterocycles. The van der Waals surface area contributed by atoms with Crippen LogP contribution in [0.2, 0.25) is 0 Å². The molecule has 7 heteroatoms. The number of thioether (sulfide) groups is 1. The van der Waals surface area contributed by atoms with Crippen molar-refractivity contribution < 1.29 is 17.9 Å². The molecule has 2 unspecified atom stereocenters. The van der Waals surface area contributed by atoms with Gasteiger partial charge in [-0.05, 0) is 50.3 Å². The van der Waals surface area contributed by atoms with Crippen LogP contribution in [0.4, 0.5) is 4.39 Å². The standard InChI is InChI=1S/C13H20FNO3S2/c1-8-5-11(14)6-9(2)13(8)20(17,18)15-10(3)12(7-16)19-4/h5-6,10,12,15-16H,7H2,1-4H3. The number of aryl methyl sites for hydroxylation is 2. The van der Waals surface area contributed by atoms with Crippen LogP contribution in [0.3, 0.4) is 0 Å². The zero-order chi connectivity index (χ0) is 15.5. The first-order valence-electron chi connectivity index (χ1n) is 6.15. The number of hydrogen-bond donors (Lipinski definition) is 2. The second-order valence-electron chi connectivity index (χ2n) is 4.74. The van der Waals surface area contributed by atoms with Gasteiger partial charge in [-0.3, -0.25) is 0 Å². The number of rotatable bonds is 6. The molecular weight excluding hydrogens is 301 g/mol. The molecule has 0 heterocycles. The summed E-state index contributed by atoms with van der Waals surface area (Å²) in [5.41, 5.74) is 0.735. The lowest BCUT2D eigenvalue weighted by atomic mass is 10.1. The predicted molar refractivity (Wildman–Crippen MR) is 80.0 cm³/mol. The van der Waals surface area contributed by atoms with Gasteiger partial charge < -0.3 is 5.11 Å². The first-order valence-corrected chi connectivity index (χ1v) is 8.92. The Morgan fingerprint density at radius 2 is 1.85 bits per heavy atom. The Morgan fingerprint density at radius 3 is 2.25 bits per heavy atom. The lowest BCUT2D eigenvalue weighted by molar-refractivity contribution is 0.282. The molecule has 20 heavy (non-hydrogen) atoms. The molecule has 2 atom stereocenters. The second kappa shape index (κ2) is 6.89. The SMILES string of the molecule is CSC(CO)C(C)NS(=O)(=O)c1c(C)cc(F)cc1C. The monoisotopic (exact) mass is 321 g/mol. The molecule has 1 aromatic carbocycles. The van der Waals surface area contributed by atoms with Crippen molar-refractivity contribution in [3.63, 3.8) is 0 Å². The highest BCUT2D eigenvalue weighted by Crippen LogP contribution is 2.22. The van der Waals surface area contributed by atoms with Crippen LogP contribution in [0.25, 0.3) is 0 Å². The molecule has 0 aromatic heterocycles. The number of aliphatic hydroxyl groups excluding tert-OH is 1. The molecule has 0 aliphatic carbocycles. The van der Waals surface area contributed by atoms with Gasteiger partial charge in [0, 0.05) is 11.3 Å². The van der Waals surface area contributed by atoms with Crippen molar-refractivity contribution in [3.05, 3.63) is 29.1 Å². The molecule has 0 saturated carbocycles. The summed E-state index contributed by atoms with van der Waals surface area (Å²) in [6.45, 7) is 4.70. The van der Waals surface area contributed by atoms with Crippen molar-refractivity contribution in [3.8, 4) is 0 Å². The lowest BCUT2D eigenvalue weighted by Crippen LogP contribution is -2.41. The number of hydrogen-bond acceptors (Lipinski definition) is 4. The Labute approximate surface area is 123 Å². The third kappa shape index (κ3) is 3.94. The minimum atomic E-state index is -3.74. The Hall–Kier alpha value is -0.630. The summed E-state index contributed by atoms with van der Waals surface area (Å²) in [7, 11) is -3.74. The molecule has 0 radical (unpaired) electrons. The van der Waals surface area contributed by atoms with Crippen LogP contribution in [0.5, 0.6) is 0 Å². The van der Waals surface area contributed by atoms with Crippen molar-refractivity contribution in [2.45, 2.75) is 37.0 Å². The molecule has 0 spiro atoms. The number of halogens is 1. The maximum atomic E-state index is 13.2. The maximum absolute atomic E-state index is 13.2. The summed E-state index contributed by atoms with van der Waals surface area (Å²) in [4.78, 5) is 0.101. The van der Waals surface area contributed by atoms with Gasteiger partial charge in [-0.25, -0.2) is 17.5 Å². The fraction of sp³-hybridized carbons (Fsp3) is 0.538. The number of nitrogens with one attached hydrogen (secondary N) is 1. The van der Waals surface area contributed by atoms with Crippen molar-refractivity contribution >= 4 is 21.8 Å². The topological polar surface area (TPSA) is 66.4 Å². The molecule has 2 N–H and O–H groups in total. The Balaban J connectivity index is 3.12. The van der Waals surface area contributed by atoms with Gasteiger partial charge in [0.2, 0.25) is 10.0 Å². The summed E-state index contributed by atoms with van der Waals surface area (Å²) in [6.07, 6.45) is 1.81. The molecule has 4 nitrogen and oxygen atoms in total. The largest absolute Gasteiger partial charge is 0.395 e. The van der Waals surface area contributed by atoms with E-state index in [9.17, 15) is 17.9 Å². The van der Waals surface area contributed by atoms with Gasteiger partial charge in [-0.1, -0.05) is 0 Å². The van der Waals surface area contributed by atoms with Crippen LogP contribution >= 0.6 is 11.8 Å². The van der Waals surface area contributed by atoms with Crippen LogP contribution in [-0.2, 0) is 10.0 Å². The number of benzene rings is 1. The molecule has 0 amide bonds. The Kier molecular flexibility index (Phi) is 6.00. The molecule has 1 aromatic rings.